The molecule has 1 rings (SSSR count). The normalized spacial score (nSPS) is 18.6. The molecule has 1 amide bonds. The molecule has 1 aliphatic carbocycles. The lowest BCUT2D eigenvalue weighted by Gasteiger charge is -2.23. The minimum Gasteiger partial charge on any atom is -0.481 e. The van der Waals surface area contributed by atoms with Gasteiger partial charge in [-0.25, -0.2) is 0 Å². The second-order valence-corrected chi connectivity index (χ2v) is 4.88. The third-order valence-electron chi connectivity index (χ3n) is 3.53. The van der Waals surface area contributed by atoms with Gasteiger partial charge in [-0.2, -0.15) is 0 Å². The molecule has 0 aromatic heterocycles. The van der Waals surface area contributed by atoms with E-state index in [-0.39, 0.29) is 11.8 Å². The van der Waals surface area contributed by atoms with E-state index < -0.39 is 5.97 Å². The third kappa shape index (κ3) is 5.20. The first-order chi connectivity index (χ1) is 8.13. The van der Waals surface area contributed by atoms with Gasteiger partial charge in [0.2, 0.25) is 5.91 Å². The van der Waals surface area contributed by atoms with Crippen LogP contribution in [0.25, 0.3) is 0 Å². The Hall–Kier alpha value is -1.06. The first-order valence-electron chi connectivity index (χ1n) is 6.65. The van der Waals surface area contributed by atoms with E-state index in [0.717, 1.165) is 12.8 Å². The van der Waals surface area contributed by atoms with E-state index in [0.29, 0.717) is 25.3 Å². The highest BCUT2D eigenvalue weighted by atomic mass is 16.4. The Balaban J connectivity index is 2.21. The highest BCUT2D eigenvalue weighted by molar-refractivity contribution is 5.77. The zero-order valence-corrected chi connectivity index (χ0v) is 10.6. The summed E-state index contributed by atoms with van der Waals surface area (Å²) in [5, 5.41) is 11.9. The van der Waals surface area contributed by atoms with Gasteiger partial charge in [0.05, 0.1) is 5.92 Å². The van der Waals surface area contributed by atoms with Crippen LogP contribution in [-0.4, -0.2) is 23.0 Å². The number of nitrogens with one attached hydrogen (secondary N) is 1. The zero-order valence-electron chi connectivity index (χ0n) is 10.6. The molecule has 0 aliphatic heterocycles. The lowest BCUT2D eigenvalue weighted by molar-refractivity contribution is -0.142. The van der Waals surface area contributed by atoms with Crippen molar-refractivity contribution >= 4 is 11.9 Å². The summed E-state index contributed by atoms with van der Waals surface area (Å²) in [5.74, 6) is -1.17. The molecule has 1 fully saturated rings. The van der Waals surface area contributed by atoms with Crippen LogP contribution in [0.1, 0.15) is 58.3 Å². The van der Waals surface area contributed by atoms with Crippen molar-refractivity contribution in [3.63, 3.8) is 0 Å². The van der Waals surface area contributed by atoms with Crippen molar-refractivity contribution in [2.75, 3.05) is 0 Å². The molecule has 0 radical (unpaired) electrons. The van der Waals surface area contributed by atoms with E-state index in [1.807, 2.05) is 6.92 Å². The topological polar surface area (TPSA) is 66.4 Å². The summed E-state index contributed by atoms with van der Waals surface area (Å²) in [7, 11) is 0. The van der Waals surface area contributed by atoms with Gasteiger partial charge in [-0.1, -0.05) is 26.2 Å². The number of carbonyl (C=O) groups excluding carboxylic acids is 1. The summed E-state index contributed by atoms with van der Waals surface area (Å²) in [6.07, 6.45) is 7.17. The maximum atomic E-state index is 11.7. The average Bonchev–Trinajstić information content (AvgIpc) is 2.30. The lowest BCUT2D eigenvalue weighted by atomic mass is 9.95. The summed E-state index contributed by atoms with van der Waals surface area (Å²) < 4.78 is 0. The van der Waals surface area contributed by atoms with Crippen LogP contribution in [-0.2, 0) is 9.59 Å². The Morgan fingerprint density at radius 1 is 1.29 bits per heavy atom. The van der Waals surface area contributed by atoms with Crippen molar-refractivity contribution < 1.29 is 14.7 Å². The van der Waals surface area contributed by atoms with Crippen LogP contribution in [0.3, 0.4) is 0 Å². The fourth-order valence-electron chi connectivity index (χ4n) is 2.35. The molecule has 0 heterocycles. The van der Waals surface area contributed by atoms with Crippen LogP contribution in [0.2, 0.25) is 0 Å². The molecule has 1 saturated carbocycles. The summed E-state index contributed by atoms with van der Waals surface area (Å²) in [6.45, 7) is 1.85. The van der Waals surface area contributed by atoms with Crippen LogP contribution < -0.4 is 5.32 Å². The predicted molar refractivity (Wildman–Crippen MR) is 65.7 cm³/mol. The van der Waals surface area contributed by atoms with Gasteiger partial charge >= 0.3 is 5.97 Å². The zero-order chi connectivity index (χ0) is 12.7. The highest BCUT2D eigenvalue weighted by Gasteiger charge is 2.19. The van der Waals surface area contributed by atoms with Crippen molar-refractivity contribution in [3.05, 3.63) is 0 Å². The lowest BCUT2D eigenvalue weighted by Crippen LogP contribution is -2.36. The SMILES string of the molecule is CCC(CCC(=O)NC1CCCCC1)C(=O)O. The molecule has 0 spiro atoms. The molecular formula is C13H23NO3. The molecular weight excluding hydrogens is 218 g/mol. The Morgan fingerprint density at radius 2 is 1.94 bits per heavy atom. The van der Waals surface area contributed by atoms with Gasteiger partial charge in [-0.05, 0) is 25.7 Å². The van der Waals surface area contributed by atoms with Gasteiger partial charge in [-0.3, -0.25) is 9.59 Å². The van der Waals surface area contributed by atoms with E-state index in [2.05, 4.69) is 5.32 Å². The quantitative estimate of drug-likeness (QED) is 0.750. The van der Waals surface area contributed by atoms with Crippen LogP contribution in [0.15, 0.2) is 0 Å². The summed E-state index contributed by atoms with van der Waals surface area (Å²) >= 11 is 0. The first kappa shape index (κ1) is 14.0. The molecule has 98 valence electrons. The molecule has 0 aromatic carbocycles. The highest BCUT2D eigenvalue weighted by Crippen LogP contribution is 2.18. The van der Waals surface area contributed by atoms with Gasteiger partial charge in [-0.15, -0.1) is 0 Å². The molecule has 4 nitrogen and oxygen atoms in total. The number of hydrogen-bond donors (Lipinski definition) is 2. The number of hydrogen-bond acceptors (Lipinski definition) is 2. The Bertz CT molecular complexity index is 259. The van der Waals surface area contributed by atoms with E-state index >= 15 is 0 Å². The van der Waals surface area contributed by atoms with Crippen LogP contribution in [0.4, 0.5) is 0 Å². The second kappa shape index (κ2) is 7.30. The number of carboxylic acids is 1. The van der Waals surface area contributed by atoms with E-state index in [4.69, 9.17) is 5.11 Å². The molecule has 0 aromatic rings. The molecule has 1 atom stereocenters. The van der Waals surface area contributed by atoms with Crippen molar-refractivity contribution in [2.24, 2.45) is 5.92 Å². The number of carboxylic acid groups (broad SMARTS) is 1. The fourth-order valence-corrected chi connectivity index (χ4v) is 2.35. The van der Waals surface area contributed by atoms with Crippen molar-refractivity contribution in [1.29, 1.82) is 0 Å². The molecule has 1 unspecified atom stereocenters. The molecule has 0 saturated heterocycles. The van der Waals surface area contributed by atoms with Gasteiger partial charge in [0.25, 0.3) is 0 Å². The third-order valence-corrected chi connectivity index (χ3v) is 3.53. The molecule has 0 bridgehead atoms. The maximum absolute atomic E-state index is 11.7. The van der Waals surface area contributed by atoms with Crippen LogP contribution in [0, 0.1) is 5.92 Å². The van der Waals surface area contributed by atoms with Gasteiger partial charge in [0, 0.05) is 12.5 Å². The Kier molecular flexibility index (Phi) is 6.01. The Morgan fingerprint density at radius 3 is 2.47 bits per heavy atom. The van der Waals surface area contributed by atoms with Crippen LogP contribution in [0.5, 0.6) is 0 Å². The van der Waals surface area contributed by atoms with Gasteiger partial charge in [0.1, 0.15) is 0 Å². The minimum absolute atomic E-state index is 0.0107. The molecule has 17 heavy (non-hydrogen) atoms. The first-order valence-corrected chi connectivity index (χ1v) is 6.65. The predicted octanol–water partition coefficient (Wildman–Crippen LogP) is 2.33. The number of rotatable bonds is 6. The second-order valence-electron chi connectivity index (χ2n) is 4.88. The van der Waals surface area contributed by atoms with Crippen molar-refractivity contribution in [3.8, 4) is 0 Å². The summed E-state index contributed by atoms with van der Waals surface area (Å²) in [5.41, 5.74) is 0. The molecule has 1 aliphatic rings. The summed E-state index contributed by atoms with van der Waals surface area (Å²) in [4.78, 5) is 22.5. The van der Waals surface area contributed by atoms with E-state index in [1.165, 1.54) is 19.3 Å². The Labute approximate surface area is 103 Å². The number of aliphatic carboxylic acids is 1. The van der Waals surface area contributed by atoms with Crippen LogP contribution >= 0.6 is 0 Å². The molecule has 4 heteroatoms. The maximum Gasteiger partial charge on any atom is 0.306 e. The minimum atomic E-state index is -0.794. The average molecular weight is 241 g/mol. The largest absolute Gasteiger partial charge is 0.481 e. The van der Waals surface area contributed by atoms with E-state index in [1.54, 1.807) is 0 Å². The van der Waals surface area contributed by atoms with Crippen molar-refractivity contribution in [2.45, 2.75) is 64.3 Å². The smallest absolute Gasteiger partial charge is 0.306 e. The van der Waals surface area contributed by atoms with E-state index in [9.17, 15) is 9.59 Å². The molecule has 2 N–H and O–H groups in total. The van der Waals surface area contributed by atoms with Gasteiger partial charge in [0.15, 0.2) is 0 Å². The monoisotopic (exact) mass is 241 g/mol. The van der Waals surface area contributed by atoms with Gasteiger partial charge < -0.3 is 10.4 Å². The standard InChI is InChI=1S/C13H23NO3/c1-2-10(13(16)17)8-9-12(15)14-11-6-4-3-5-7-11/h10-11H,2-9H2,1H3,(H,14,15)(H,16,17). The van der Waals surface area contributed by atoms with Crippen molar-refractivity contribution in [1.82, 2.24) is 5.32 Å². The summed E-state index contributed by atoms with van der Waals surface area (Å²) in [6, 6.07) is 0.321. The fraction of sp³-hybridized carbons (Fsp3) is 0.846. The number of amides is 1. The number of carbonyl (C=O) groups is 2.